The van der Waals surface area contributed by atoms with Crippen molar-refractivity contribution >= 4 is 40.4 Å². The van der Waals surface area contributed by atoms with Gasteiger partial charge in [0.05, 0.1) is 34.4 Å². The van der Waals surface area contributed by atoms with Gasteiger partial charge in [-0.25, -0.2) is 14.5 Å². The number of ether oxygens (including phenoxy) is 1. The largest absolute Gasteiger partial charge is 0.462 e. The zero-order valence-corrected chi connectivity index (χ0v) is 16.8. The van der Waals surface area contributed by atoms with E-state index >= 15 is 0 Å². The molecule has 0 aliphatic rings. The number of hydrogen-bond donors (Lipinski definition) is 1. The maximum Gasteiger partial charge on any atom is 0.341 e. The molecule has 4 aromatic rings. The van der Waals surface area contributed by atoms with Crippen LogP contribution in [0.25, 0.3) is 17.0 Å². The fraction of sp³-hybridized carbons (Fsp3) is 0.150. The summed E-state index contributed by atoms with van der Waals surface area (Å²) in [5.41, 5.74) is 3.13. The van der Waals surface area contributed by atoms with E-state index in [2.05, 4.69) is 40.2 Å². The molecule has 2 heterocycles. The smallest absolute Gasteiger partial charge is 0.341 e. The van der Waals surface area contributed by atoms with Crippen molar-refractivity contribution in [3.05, 3.63) is 64.9 Å². The van der Waals surface area contributed by atoms with Crippen LogP contribution in [0.5, 0.6) is 0 Å². The second-order valence-corrected chi connectivity index (χ2v) is 7.70. The number of carbonyl (C=O) groups is 1. The van der Waals surface area contributed by atoms with Crippen molar-refractivity contribution in [3.8, 4) is 5.95 Å². The number of nitrogens with zero attached hydrogens (tertiary/aromatic N) is 3. The number of H-pyrrole nitrogens is 1. The molecule has 0 radical (unpaired) electrons. The van der Waals surface area contributed by atoms with Gasteiger partial charge >= 0.3 is 5.97 Å². The van der Waals surface area contributed by atoms with Gasteiger partial charge in [0.1, 0.15) is 0 Å². The summed E-state index contributed by atoms with van der Waals surface area (Å²) in [6.07, 6.45) is 3.04. The monoisotopic (exact) mass is 412 g/mol. The van der Waals surface area contributed by atoms with Crippen molar-refractivity contribution in [1.29, 1.82) is 0 Å². The number of halogens is 1. The Morgan fingerprint density at radius 1 is 1.32 bits per heavy atom. The third kappa shape index (κ3) is 3.76. The molecule has 28 heavy (non-hydrogen) atoms. The van der Waals surface area contributed by atoms with Crippen LogP contribution < -0.4 is 0 Å². The molecule has 0 aliphatic heterocycles. The number of imidazole rings is 1. The summed E-state index contributed by atoms with van der Waals surface area (Å²) in [5, 5.41) is 4.83. The van der Waals surface area contributed by atoms with Gasteiger partial charge in [0.2, 0.25) is 5.95 Å². The lowest BCUT2D eigenvalue weighted by atomic mass is 10.2. The van der Waals surface area contributed by atoms with Crippen LogP contribution in [0.15, 0.2) is 58.6 Å². The average Bonchev–Trinajstić information content (AvgIpc) is 3.29. The molecule has 2 aromatic heterocycles. The van der Waals surface area contributed by atoms with E-state index in [1.807, 2.05) is 18.2 Å². The van der Waals surface area contributed by atoms with Gasteiger partial charge in [-0.05, 0) is 38.1 Å². The van der Waals surface area contributed by atoms with Crippen molar-refractivity contribution in [2.45, 2.75) is 23.6 Å². The number of nitrogens with one attached hydrogen (secondary N) is 1. The number of esters is 1. The van der Waals surface area contributed by atoms with Crippen LogP contribution >= 0.6 is 23.4 Å². The zero-order chi connectivity index (χ0) is 19.7. The van der Waals surface area contributed by atoms with E-state index in [0.29, 0.717) is 23.1 Å². The second kappa shape index (κ2) is 7.69. The molecule has 0 unspecified atom stereocenters. The molecule has 0 amide bonds. The zero-order valence-electron chi connectivity index (χ0n) is 15.3. The summed E-state index contributed by atoms with van der Waals surface area (Å²) < 4.78 is 6.50. The fourth-order valence-electron chi connectivity index (χ4n) is 2.75. The lowest BCUT2D eigenvalue weighted by molar-refractivity contribution is 0.0526. The summed E-state index contributed by atoms with van der Waals surface area (Å²) in [6, 6.07) is 12.0. The Hall–Kier alpha value is -2.77. The van der Waals surface area contributed by atoms with Crippen LogP contribution in [-0.2, 0) is 4.74 Å². The molecule has 1 N–H and O–H groups in total. The SMILES string of the molecule is CCOC(=O)c1cnn(-c2nc3cc(Sc4cccc(C)c4)c(Cl)cc3[nH]2)c1. The minimum Gasteiger partial charge on any atom is -0.462 e. The molecule has 2 aromatic carbocycles. The molecule has 6 nitrogen and oxygen atoms in total. The molecular weight excluding hydrogens is 396 g/mol. The maximum absolute atomic E-state index is 11.8. The summed E-state index contributed by atoms with van der Waals surface area (Å²) >= 11 is 8.07. The molecule has 0 atom stereocenters. The van der Waals surface area contributed by atoms with Crippen LogP contribution in [0.3, 0.4) is 0 Å². The number of carbonyl (C=O) groups excluding carboxylic acids is 1. The topological polar surface area (TPSA) is 72.8 Å². The van der Waals surface area contributed by atoms with Gasteiger partial charge in [-0.15, -0.1) is 0 Å². The molecule has 0 aliphatic carbocycles. The number of hydrogen-bond acceptors (Lipinski definition) is 5. The molecule has 0 fully saturated rings. The number of aromatic nitrogens is 4. The van der Waals surface area contributed by atoms with Crippen LogP contribution in [0, 0.1) is 6.92 Å². The first-order valence-electron chi connectivity index (χ1n) is 8.69. The molecule has 4 rings (SSSR count). The number of fused-ring (bicyclic) bond motifs is 1. The third-order valence-corrected chi connectivity index (χ3v) is 5.52. The number of aryl methyl sites for hydroxylation is 1. The van der Waals surface area contributed by atoms with Crippen LogP contribution in [0.2, 0.25) is 5.02 Å². The third-order valence-electron chi connectivity index (χ3n) is 4.05. The summed E-state index contributed by atoms with van der Waals surface area (Å²) in [7, 11) is 0. The number of benzene rings is 2. The minimum atomic E-state index is -0.412. The van der Waals surface area contributed by atoms with Gasteiger partial charge in [0.15, 0.2) is 0 Å². The van der Waals surface area contributed by atoms with E-state index < -0.39 is 5.97 Å². The van der Waals surface area contributed by atoms with E-state index in [1.165, 1.54) is 16.4 Å². The van der Waals surface area contributed by atoms with Gasteiger partial charge in [0.25, 0.3) is 0 Å². The lowest BCUT2D eigenvalue weighted by Gasteiger charge is -2.05. The quantitative estimate of drug-likeness (QED) is 0.465. The van der Waals surface area contributed by atoms with Gasteiger partial charge in [0, 0.05) is 16.0 Å². The van der Waals surface area contributed by atoms with E-state index in [9.17, 15) is 4.79 Å². The van der Waals surface area contributed by atoms with Crippen LogP contribution in [0.4, 0.5) is 0 Å². The van der Waals surface area contributed by atoms with E-state index in [1.54, 1.807) is 24.9 Å². The summed E-state index contributed by atoms with van der Waals surface area (Å²) in [4.78, 5) is 21.6. The lowest BCUT2D eigenvalue weighted by Crippen LogP contribution is -2.03. The predicted molar refractivity (Wildman–Crippen MR) is 109 cm³/mol. The molecule has 0 bridgehead atoms. The van der Waals surface area contributed by atoms with E-state index in [0.717, 1.165) is 20.8 Å². The first kappa shape index (κ1) is 18.6. The second-order valence-electron chi connectivity index (χ2n) is 6.17. The van der Waals surface area contributed by atoms with Gasteiger partial charge in [-0.1, -0.05) is 41.1 Å². The summed E-state index contributed by atoms with van der Waals surface area (Å²) in [5.74, 6) is 0.0871. The Morgan fingerprint density at radius 3 is 2.96 bits per heavy atom. The Balaban J connectivity index is 1.65. The van der Waals surface area contributed by atoms with Crippen LogP contribution in [-0.4, -0.2) is 32.3 Å². The van der Waals surface area contributed by atoms with Crippen LogP contribution in [0.1, 0.15) is 22.8 Å². The fourth-order valence-corrected chi connectivity index (χ4v) is 4.00. The van der Waals surface area contributed by atoms with Crippen molar-refractivity contribution < 1.29 is 9.53 Å². The van der Waals surface area contributed by atoms with E-state index in [-0.39, 0.29) is 0 Å². The summed E-state index contributed by atoms with van der Waals surface area (Å²) in [6.45, 7) is 4.13. The predicted octanol–water partition coefficient (Wildman–Crippen LogP) is 5.04. The number of aromatic amines is 1. The highest BCUT2D eigenvalue weighted by molar-refractivity contribution is 7.99. The Bertz CT molecular complexity index is 1170. The van der Waals surface area contributed by atoms with Gasteiger partial charge in [-0.2, -0.15) is 5.10 Å². The van der Waals surface area contributed by atoms with Crippen molar-refractivity contribution in [2.75, 3.05) is 6.61 Å². The van der Waals surface area contributed by atoms with Gasteiger partial charge < -0.3 is 9.72 Å². The van der Waals surface area contributed by atoms with Gasteiger partial charge in [-0.3, -0.25) is 0 Å². The average molecular weight is 413 g/mol. The number of rotatable bonds is 5. The highest BCUT2D eigenvalue weighted by Crippen LogP contribution is 2.36. The van der Waals surface area contributed by atoms with Crippen molar-refractivity contribution in [3.63, 3.8) is 0 Å². The Labute approximate surface area is 170 Å². The highest BCUT2D eigenvalue weighted by atomic mass is 35.5. The molecule has 0 saturated heterocycles. The Kier molecular flexibility index (Phi) is 5.11. The highest BCUT2D eigenvalue weighted by Gasteiger charge is 2.14. The molecule has 0 saturated carbocycles. The van der Waals surface area contributed by atoms with Crippen molar-refractivity contribution in [2.24, 2.45) is 0 Å². The maximum atomic E-state index is 11.8. The first-order valence-corrected chi connectivity index (χ1v) is 9.89. The van der Waals surface area contributed by atoms with E-state index in [4.69, 9.17) is 16.3 Å². The first-order chi connectivity index (χ1) is 13.5. The minimum absolute atomic E-state index is 0.314. The van der Waals surface area contributed by atoms with Crippen molar-refractivity contribution in [1.82, 2.24) is 19.7 Å². The molecule has 142 valence electrons. The standard InChI is InChI=1S/C20H17ClN4O2S/c1-3-27-19(26)13-10-22-25(11-13)20-23-16-8-15(21)18(9-17(16)24-20)28-14-6-4-5-12(2)7-14/h4-11H,3H2,1-2H3,(H,23,24). The molecular formula is C20H17ClN4O2S. The Morgan fingerprint density at radius 2 is 2.18 bits per heavy atom. The normalized spacial score (nSPS) is 11.1. The molecule has 0 spiro atoms. The molecule has 8 heteroatoms.